The standard InChI is InChI=1S/C4H5NO/c1-6-4-2-5-3-4/h2,5H,1H3. The van der Waals surface area contributed by atoms with Crippen molar-refractivity contribution in [3.63, 3.8) is 0 Å². The third-order valence-corrected chi connectivity index (χ3v) is 0.619. The lowest BCUT2D eigenvalue weighted by atomic mass is 10.5. The van der Waals surface area contributed by atoms with E-state index >= 15 is 0 Å². The van der Waals surface area contributed by atoms with Gasteiger partial charge in [-0.2, -0.15) is 0 Å². The van der Waals surface area contributed by atoms with Crippen LogP contribution in [0.15, 0.2) is 12.0 Å². The van der Waals surface area contributed by atoms with Crippen LogP contribution in [-0.2, 0) is 4.74 Å². The molecule has 0 unspecified atom stereocenters. The molecule has 0 radical (unpaired) electrons. The topological polar surface area (TPSA) is 23.2 Å². The van der Waals surface area contributed by atoms with E-state index in [1.807, 2.05) is 0 Å². The van der Waals surface area contributed by atoms with Crippen molar-refractivity contribution in [1.29, 1.82) is 0 Å². The molecule has 1 heterocycles. The van der Waals surface area contributed by atoms with Gasteiger partial charge in [-0.05, 0) is 0 Å². The Morgan fingerprint density at radius 1 is 2.00 bits per heavy atom. The second kappa shape index (κ2) is 1.12. The van der Waals surface area contributed by atoms with E-state index < -0.39 is 0 Å². The van der Waals surface area contributed by atoms with Crippen LogP contribution in [0.1, 0.15) is 0 Å². The van der Waals surface area contributed by atoms with E-state index in [9.17, 15) is 0 Å². The lowest BCUT2D eigenvalue weighted by Gasteiger charge is -2.00. The van der Waals surface area contributed by atoms with Crippen LogP contribution in [0.2, 0.25) is 0 Å². The summed E-state index contributed by atoms with van der Waals surface area (Å²) in [6, 6.07) is 0. The van der Waals surface area contributed by atoms with E-state index in [1.165, 1.54) is 0 Å². The number of hydrogen-bond donors (Lipinski definition) is 1. The van der Waals surface area contributed by atoms with Crippen LogP contribution in [0.4, 0.5) is 0 Å². The zero-order valence-corrected chi connectivity index (χ0v) is 3.49. The molecule has 0 bridgehead atoms. The van der Waals surface area contributed by atoms with E-state index in [0.717, 1.165) is 5.76 Å². The van der Waals surface area contributed by atoms with Crippen LogP contribution in [0, 0.1) is 0 Å². The molecule has 1 aliphatic rings. The first kappa shape index (κ1) is 3.40. The van der Waals surface area contributed by atoms with Gasteiger partial charge in [-0.25, -0.2) is 0 Å². The van der Waals surface area contributed by atoms with Gasteiger partial charge in [0.05, 0.1) is 7.11 Å². The highest BCUT2D eigenvalue weighted by Crippen LogP contribution is 1.83. The van der Waals surface area contributed by atoms with E-state index in [0.29, 0.717) is 0 Å². The summed E-state index contributed by atoms with van der Waals surface area (Å²) in [5.41, 5.74) is 0. The normalized spacial score (nSPS) is 15.8. The van der Waals surface area contributed by atoms with Crippen molar-refractivity contribution in [2.45, 2.75) is 0 Å². The number of nitrogens with one attached hydrogen (secondary N) is 1. The van der Waals surface area contributed by atoms with Crippen molar-refractivity contribution in [2.24, 2.45) is 0 Å². The molecule has 2 heteroatoms. The first-order chi connectivity index (χ1) is 2.93. The van der Waals surface area contributed by atoms with Crippen molar-refractivity contribution in [3.8, 4) is 0 Å². The zero-order chi connectivity index (χ0) is 4.41. The van der Waals surface area contributed by atoms with Crippen LogP contribution in [-0.4, -0.2) is 13.3 Å². The summed E-state index contributed by atoms with van der Waals surface area (Å²) in [6.45, 7) is 0. The van der Waals surface area contributed by atoms with Crippen molar-refractivity contribution in [3.05, 3.63) is 12.0 Å². The fourth-order valence-corrected chi connectivity index (χ4v) is 0.241. The third-order valence-electron chi connectivity index (χ3n) is 0.619. The van der Waals surface area contributed by atoms with Crippen molar-refractivity contribution in [2.75, 3.05) is 7.11 Å². The van der Waals surface area contributed by atoms with Gasteiger partial charge < -0.3 is 9.73 Å². The average molecular weight is 83.1 g/mol. The largest absolute Gasteiger partial charge is 0.511 e. The maximum Gasteiger partial charge on any atom is 0.163 e. The molecule has 0 atom stereocenters. The molecular formula is C4H5NO. The van der Waals surface area contributed by atoms with Gasteiger partial charge in [-0.3, -0.25) is 0 Å². The Balaban J connectivity index is 2.37. The van der Waals surface area contributed by atoms with Crippen LogP contribution in [0.3, 0.4) is 0 Å². The quantitative estimate of drug-likeness (QED) is 0.384. The minimum absolute atomic E-state index is 0.787. The SMILES string of the molecule is COC1=C[NH+]=[C-]1. The van der Waals surface area contributed by atoms with Crippen LogP contribution >= 0.6 is 0 Å². The molecule has 1 N–H and O–H groups in total. The number of methoxy groups -OCH3 is 1. The minimum atomic E-state index is 0.787. The Labute approximate surface area is 36.1 Å². The molecule has 0 amide bonds. The van der Waals surface area contributed by atoms with Gasteiger partial charge >= 0.3 is 0 Å². The summed E-state index contributed by atoms with van der Waals surface area (Å²) in [5.74, 6) is 0.787. The molecule has 2 nitrogen and oxygen atoms in total. The predicted octanol–water partition coefficient (Wildman–Crippen LogP) is -1.48. The summed E-state index contributed by atoms with van der Waals surface area (Å²) >= 11 is 0. The van der Waals surface area contributed by atoms with E-state index in [1.54, 1.807) is 13.3 Å². The van der Waals surface area contributed by atoms with Gasteiger partial charge in [-0.1, -0.05) is 0 Å². The van der Waals surface area contributed by atoms with Crippen LogP contribution in [0.25, 0.3) is 0 Å². The minimum Gasteiger partial charge on any atom is -0.511 e. The summed E-state index contributed by atoms with van der Waals surface area (Å²) in [7, 11) is 1.61. The molecule has 0 aliphatic carbocycles. The highest BCUT2D eigenvalue weighted by atomic mass is 16.5. The number of allylic oxidation sites excluding steroid dienone is 1. The van der Waals surface area contributed by atoms with E-state index in [-0.39, 0.29) is 0 Å². The van der Waals surface area contributed by atoms with Gasteiger partial charge in [-0.15, -0.1) is 0 Å². The Hall–Kier alpha value is -0.790. The third kappa shape index (κ3) is 0.302. The fraction of sp³-hybridized carbons (Fsp3) is 0.250. The van der Waals surface area contributed by atoms with Gasteiger partial charge in [0.15, 0.2) is 6.21 Å². The highest BCUT2D eigenvalue weighted by Gasteiger charge is 1.94. The van der Waals surface area contributed by atoms with Crippen LogP contribution < -0.4 is 4.99 Å². The molecule has 0 saturated carbocycles. The maximum absolute atomic E-state index is 4.67. The van der Waals surface area contributed by atoms with Crippen molar-refractivity contribution < 1.29 is 9.73 Å². The maximum atomic E-state index is 4.67. The Kier molecular flexibility index (Phi) is 0.638. The molecule has 32 valence electrons. The Bertz CT molecular complexity index is 104. The molecule has 6 heavy (non-hydrogen) atoms. The molecule has 0 spiro atoms. The van der Waals surface area contributed by atoms with Crippen molar-refractivity contribution >= 4 is 6.21 Å². The van der Waals surface area contributed by atoms with Crippen molar-refractivity contribution in [1.82, 2.24) is 0 Å². The first-order valence-electron chi connectivity index (χ1n) is 1.69. The van der Waals surface area contributed by atoms with Gasteiger partial charge in [0.1, 0.15) is 12.0 Å². The molecule has 0 saturated heterocycles. The predicted molar refractivity (Wildman–Crippen MR) is 21.1 cm³/mol. The Morgan fingerprint density at radius 3 is 2.67 bits per heavy atom. The molecule has 0 fully saturated rings. The van der Waals surface area contributed by atoms with Gasteiger partial charge in [0.2, 0.25) is 0 Å². The molecular weight excluding hydrogens is 78.0 g/mol. The summed E-state index contributed by atoms with van der Waals surface area (Å²) in [4.78, 5) is 2.68. The molecule has 0 aromatic heterocycles. The van der Waals surface area contributed by atoms with E-state index in [4.69, 9.17) is 0 Å². The highest BCUT2D eigenvalue weighted by molar-refractivity contribution is 5.73. The lowest BCUT2D eigenvalue weighted by molar-refractivity contribution is -0.385. The lowest BCUT2D eigenvalue weighted by Crippen LogP contribution is -2.68. The second-order valence-corrected chi connectivity index (χ2v) is 0.982. The number of hydrogen-bond acceptors (Lipinski definition) is 1. The number of ether oxygens (including phenoxy) is 1. The zero-order valence-electron chi connectivity index (χ0n) is 3.49. The fourth-order valence-electron chi connectivity index (χ4n) is 0.241. The monoisotopic (exact) mass is 83.0 g/mol. The molecule has 1 aliphatic heterocycles. The van der Waals surface area contributed by atoms with Crippen LogP contribution in [0.5, 0.6) is 0 Å². The molecule has 0 aromatic rings. The summed E-state index contributed by atoms with van der Waals surface area (Å²) in [5, 5.41) is 0. The molecule has 1 rings (SSSR count). The number of rotatable bonds is 1. The Morgan fingerprint density at radius 2 is 2.67 bits per heavy atom. The average Bonchev–Trinajstić information content (AvgIpc) is 1.31. The second-order valence-electron chi connectivity index (χ2n) is 0.982. The van der Waals surface area contributed by atoms with E-state index in [2.05, 4.69) is 15.9 Å². The van der Waals surface area contributed by atoms with Gasteiger partial charge in [0, 0.05) is 0 Å². The molecule has 0 aromatic carbocycles. The summed E-state index contributed by atoms with van der Waals surface area (Å²) in [6.07, 6.45) is 4.42. The first-order valence-corrected chi connectivity index (χ1v) is 1.69. The summed E-state index contributed by atoms with van der Waals surface area (Å²) < 4.78 is 4.67. The smallest absolute Gasteiger partial charge is 0.163 e. The van der Waals surface area contributed by atoms with Gasteiger partial charge in [0.25, 0.3) is 0 Å².